The number of hydrogen-bond acceptors (Lipinski definition) is 3. The first-order valence-corrected chi connectivity index (χ1v) is 7.15. The lowest BCUT2D eigenvalue weighted by molar-refractivity contribution is -0.132. The molecule has 0 spiro atoms. The van der Waals surface area contributed by atoms with Crippen molar-refractivity contribution in [3.63, 3.8) is 0 Å². The van der Waals surface area contributed by atoms with Gasteiger partial charge in [-0.05, 0) is 37.0 Å². The zero-order chi connectivity index (χ0) is 15.5. The van der Waals surface area contributed by atoms with E-state index in [0.717, 1.165) is 24.8 Å². The molecule has 0 aromatic carbocycles. The highest BCUT2D eigenvalue weighted by Gasteiger charge is 2.40. The predicted octanol–water partition coefficient (Wildman–Crippen LogP) is 1.87. The molecule has 0 saturated heterocycles. The van der Waals surface area contributed by atoms with E-state index >= 15 is 0 Å². The van der Waals surface area contributed by atoms with Crippen molar-refractivity contribution in [1.82, 2.24) is 15.2 Å². The van der Waals surface area contributed by atoms with Gasteiger partial charge in [0.1, 0.15) is 5.15 Å². The van der Waals surface area contributed by atoms with Crippen LogP contribution in [0.5, 0.6) is 0 Å². The van der Waals surface area contributed by atoms with Gasteiger partial charge in [0.25, 0.3) is 0 Å². The van der Waals surface area contributed by atoms with E-state index in [0.29, 0.717) is 5.15 Å². The standard InChI is InChI=1S/C15H18ClN3O2/c1-3-14(21)19(2)10-13(20)18-15(7-4-8-15)11-5-6-12(16)17-9-11/h3,5-6,9H,1,4,7-8,10H2,2H3,(H,18,20). The maximum absolute atomic E-state index is 12.1. The normalized spacial score (nSPS) is 15.7. The van der Waals surface area contributed by atoms with Crippen LogP contribution in [0.4, 0.5) is 0 Å². The van der Waals surface area contributed by atoms with Crippen LogP contribution in [0.2, 0.25) is 5.15 Å². The van der Waals surface area contributed by atoms with E-state index in [9.17, 15) is 9.59 Å². The highest BCUT2D eigenvalue weighted by Crippen LogP contribution is 2.41. The molecule has 0 atom stereocenters. The molecule has 5 nitrogen and oxygen atoms in total. The Kier molecular flexibility index (Phi) is 4.63. The molecule has 2 rings (SSSR count). The number of carbonyl (C=O) groups excluding carboxylic acids is 2. The number of hydrogen-bond donors (Lipinski definition) is 1. The van der Waals surface area contributed by atoms with Crippen molar-refractivity contribution < 1.29 is 9.59 Å². The summed E-state index contributed by atoms with van der Waals surface area (Å²) < 4.78 is 0. The second-order valence-corrected chi connectivity index (χ2v) is 5.64. The Balaban J connectivity index is 2.05. The minimum atomic E-state index is -0.382. The molecule has 1 saturated carbocycles. The maximum atomic E-state index is 12.1. The van der Waals surface area contributed by atoms with Crippen LogP contribution in [-0.2, 0) is 15.1 Å². The second-order valence-electron chi connectivity index (χ2n) is 5.25. The molecule has 1 aromatic heterocycles. The Morgan fingerprint density at radius 2 is 2.24 bits per heavy atom. The van der Waals surface area contributed by atoms with Gasteiger partial charge in [-0.1, -0.05) is 24.2 Å². The summed E-state index contributed by atoms with van der Waals surface area (Å²) in [6, 6.07) is 3.60. The molecule has 1 fully saturated rings. The largest absolute Gasteiger partial charge is 0.345 e. The highest BCUT2D eigenvalue weighted by atomic mass is 35.5. The van der Waals surface area contributed by atoms with E-state index in [1.54, 1.807) is 19.3 Å². The zero-order valence-electron chi connectivity index (χ0n) is 11.9. The lowest BCUT2D eigenvalue weighted by Gasteiger charge is -2.43. The van der Waals surface area contributed by atoms with E-state index < -0.39 is 0 Å². The fourth-order valence-corrected chi connectivity index (χ4v) is 2.54. The van der Waals surface area contributed by atoms with Gasteiger partial charge in [-0.15, -0.1) is 0 Å². The van der Waals surface area contributed by atoms with Gasteiger partial charge in [-0.2, -0.15) is 0 Å². The van der Waals surface area contributed by atoms with Crippen LogP contribution >= 0.6 is 11.6 Å². The summed E-state index contributed by atoms with van der Waals surface area (Å²) in [7, 11) is 1.57. The quantitative estimate of drug-likeness (QED) is 0.667. The molecule has 1 N–H and O–H groups in total. The molecule has 1 aromatic rings. The van der Waals surface area contributed by atoms with Gasteiger partial charge < -0.3 is 10.2 Å². The topological polar surface area (TPSA) is 62.3 Å². The molecular formula is C15H18ClN3O2. The van der Waals surface area contributed by atoms with Crippen molar-refractivity contribution >= 4 is 23.4 Å². The third kappa shape index (κ3) is 3.42. The number of nitrogens with zero attached hydrogens (tertiary/aromatic N) is 2. The summed E-state index contributed by atoms with van der Waals surface area (Å²) in [5.74, 6) is -0.469. The molecule has 2 amide bonds. The lowest BCUT2D eigenvalue weighted by atomic mass is 9.72. The Labute approximate surface area is 129 Å². The number of carbonyl (C=O) groups is 2. The van der Waals surface area contributed by atoms with Crippen LogP contribution in [-0.4, -0.2) is 35.3 Å². The summed E-state index contributed by atoms with van der Waals surface area (Å²) in [4.78, 5) is 28.9. The van der Waals surface area contributed by atoms with E-state index in [1.807, 2.05) is 6.07 Å². The smallest absolute Gasteiger partial charge is 0.246 e. The monoisotopic (exact) mass is 307 g/mol. The lowest BCUT2D eigenvalue weighted by Crippen LogP contribution is -2.53. The van der Waals surface area contributed by atoms with Crippen LogP contribution in [0, 0.1) is 0 Å². The Morgan fingerprint density at radius 3 is 2.71 bits per heavy atom. The van der Waals surface area contributed by atoms with E-state index in [-0.39, 0.29) is 23.9 Å². The molecule has 21 heavy (non-hydrogen) atoms. The number of pyridine rings is 1. The average Bonchev–Trinajstić information content (AvgIpc) is 2.43. The number of halogens is 1. The molecule has 6 heteroatoms. The van der Waals surface area contributed by atoms with Crippen molar-refractivity contribution in [3.8, 4) is 0 Å². The van der Waals surface area contributed by atoms with Crippen molar-refractivity contribution in [3.05, 3.63) is 41.7 Å². The SMILES string of the molecule is C=CC(=O)N(C)CC(=O)NC1(c2ccc(Cl)nc2)CCC1. The second kappa shape index (κ2) is 6.26. The van der Waals surface area contributed by atoms with Gasteiger partial charge in [0.2, 0.25) is 11.8 Å². The summed E-state index contributed by atoms with van der Waals surface area (Å²) in [5.41, 5.74) is 0.566. The average molecular weight is 308 g/mol. The fraction of sp³-hybridized carbons (Fsp3) is 0.400. The number of likely N-dealkylation sites (N-methyl/N-ethyl adjacent to an activating group) is 1. The first kappa shape index (κ1) is 15.5. The minimum absolute atomic E-state index is 0.00756. The molecule has 0 unspecified atom stereocenters. The number of aromatic nitrogens is 1. The zero-order valence-corrected chi connectivity index (χ0v) is 12.7. The van der Waals surface area contributed by atoms with Crippen LogP contribution in [0.25, 0.3) is 0 Å². The maximum Gasteiger partial charge on any atom is 0.246 e. The third-order valence-electron chi connectivity index (χ3n) is 3.80. The summed E-state index contributed by atoms with van der Waals surface area (Å²) in [6.45, 7) is 3.41. The van der Waals surface area contributed by atoms with Crippen LogP contribution < -0.4 is 5.32 Å². The van der Waals surface area contributed by atoms with E-state index in [4.69, 9.17) is 11.6 Å². The van der Waals surface area contributed by atoms with Crippen LogP contribution in [0.1, 0.15) is 24.8 Å². The number of rotatable bonds is 5. The van der Waals surface area contributed by atoms with Crippen molar-refractivity contribution in [2.75, 3.05) is 13.6 Å². The Bertz CT molecular complexity index is 553. The summed E-state index contributed by atoms with van der Waals surface area (Å²) in [5, 5.41) is 3.45. The van der Waals surface area contributed by atoms with Gasteiger partial charge in [0.15, 0.2) is 0 Å². The first-order chi connectivity index (χ1) is 9.97. The predicted molar refractivity (Wildman–Crippen MR) is 80.8 cm³/mol. The Hall–Kier alpha value is -1.88. The van der Waals surface area contributed by atoms with Gasteiger partial charge in [0.05, 0.1) is 12.1 Å². The molecule has 1 heterocycles. The van der Waals surface area contributed by atoms with E-state index in [2.05, 4.69) is 16.9 Å². The highest BCUT2D eigenvalue weighted by molar-refractivity contribution is 6.29. The van der Waals surface area contributed by atoms with Crippen molar-refractivity contribution in [1.29, 1.82) is 0 Å². The molecule has 0 bridgehead atoms. The molecule has 112 valence electrons. The minimum Gasteiger partial charge on any atom is -0.345 e. The van der Waals surface area contributed by atoms with Crippen LogP contribution in [0.3, 0.4) is 0 Å². The van der Waals surface area contributed by atoms with Gasteiger partial charge in [-0.25, -0.2) is 4.98 Å². The molecule has 0 aliphatic heterocycles. The molecule has 1 aliphatic rings. The molecule has 0 radical (unpaired) electrons. The first-order valence-electron chi connectivity index (χ1n) is 6.77. The molecule has 1 aliphatic carbocycles. The summed E-state index contributed by atoms with van der Waals surface area (Å²) >= 11 is 5.80. The fourth-order valence-electron chi connectivity index (χ4n) is 2.43. The van der Waals surface area contributed by atoms with Crippen molar-refractivity contribution in [2.24, 2.45) is 0 Å². The van der Waals surface area contributed by atoms with Gasteiger partial charge >= 0.3 is 0 Å². The van der Waals surface area contributed by atoms with Gasteiger partial charge in [-0.3, -0.25) is 9.59 Å². The summed E-state index contributed by atoms with van der Waals surface area (Å²) in [6.07, 6.45) is 5.66. The number of nitrogens with one attached hydrogen (secondary N) is 1. The molecular weight excluding hydrogens is 290 g/mol. The Morgan fingerprint density at radius 1 is 1.52 bits per heavy atom. The van der Waals surface area contributed by atoms with Gasteiger partial charge in [0, 0.05) is 13.2 Å². The van der Waals surface area contributed by atoms with E-state index in [1.165, 1.54) is 11.0 Å². The van der Waals surface area contributed by atoms with Crippen molar-refractivity contribution in [2.45, 2.75) is 24.8 Å². The van der Waals surface area contributed by atoms with Crippen LogP contribution in [0.15, 0.2) is 31.0 Å². The third-order valence-corrected chi connectivity index (χ3v) is 4.02. The number of amides is 2.